The van der Waals surface area contributed by atoms with E-state index in [-0.39, 0.29) is 0 Å². The number of aryl methyl sites for hydroxylation is 1. The fourth-order valence-corrected chi connectivity index (χ4v) is 2.74. The van der Waals surface area contributed by atoms with Crippen LogP contribution in [-0.2, 0) is 13.6 Å². The normalized spacial score (nSPS) is 25.9. The van der Waals surface area contributed by atoms with Crippen LogP contribution in [0.4, 0.5) is 0 Å². The second kappa shape index (κ2) is 5.64. The molecule has 0 aromatic carbocycles. The molecule has 16 heavy (non-hydrogen) atoms. The summed E-state index contributed by atoms with van der Waals surface area (Å²) in [6.07, 6.45) is 7.07. The Morgan fingerprint density at radius 1 is 1.50 bits per heavy atom. The summed E-state index contributed by atoms with van der Waals surface area (Å²) in [4.78, 5) is 0. The molecule has 1 aromatic rings. The Balaban J connectivity index is 1.84. The predicted octanol–water partition coefficient (Wildman–Crippen LogP) is 1.70. The number of alkyl halides is 1. The van der Waals surface area contributed by atoms with E-state index in [9.17, 15) is 0 Å². The zero-order chi connectivity index (χ0) is 11.4. The lowest BCUT2D eigenvalue weighted by molar-refractivity contribution is 0.281. The largest absolute Gasteiger partial charge is 0.308 e. The predicted molar refractivity (Wildman–Crippen MR) is 64.3 cm³/mol. The molecule has 0 bridgehead atoms. The Morgan fingerprint density at radius 3 is 3.00 bits per heavy atom. The van der Waals surface area contributed by atoms with Gasteiger partial charge in [0.15, 0.2) is 0 Å². The highest BCUT2D eigenvalue weighted by Gasteiger charge is 2.23. The number of nitrogens with one attached hydrogen (secondary N) is 1. The first kappa shape index (κ1) is 11.9. The molecule has 1 N–H and O–H groups in total. The minimum absolute atomic E-state index is 0.549. The molecule has 1 saturated carbocycles. The van der Waals surface area contributed by atoms with Crippen LogP contribution in [0, 0.1) is 5.92 Å². The summed E-state index contributed by atoms with van der Waals surface area (Å²) in [5.41, 5.74) is 1.00. The number of halogens is 1. The molecular formula is C11H19ClN4. The van der Waals surface area contributed by atoms with E-state index >= 15 is 0 Å². The molecule has 1 fully saturated rings. The molecular weight excluding hydrogens is 224 g/mol. The van der Waals surface area contributed by atoms with Crippen molar-refractivity contribution in [1.82, 2.24) is 20.3 Å². The highest BCUT2D eigenvalue weighted by atomic mass is 35.5. The van der Waals surface area contributed by atoms with Crippen LogP contribution in [0.15, 0.2) is 6.20 Å². The highest BCUT2D eigenvalue weighted by molar-refractivity contribution is 6.18. The van der Waals surface area contributed by atoms with Crippen LogP contribution < -0.4 is 5.32 Å². The topological polar surface area (TPSA) is 42.7 Å². The molecule has 2 atom stereocenters. The molecule has 4 nitrogen and oxygen atoms in total. The number of aromatic nitrogens is 3. The fraction of sp³-hybridized carbons (Fsp3) is 0.818. The first-order chi connectivity index (χ1) is 7.79. The van der Waals surface area contributed by atoms with E-state index in [0.29, 0.717) is 12.0 Å². The molecule has 0 radical (unpaired) electrons. The van der Waals surface area contributed by atoms with Crippen molar-refractivity contribution in [1.29, 1.82) is 0 Å². The maximum absolute atomic E-state index is 5.99. The zero-order valence-electron chi connectivity index (χ0n) is 9.69. The van der Waals surface area contributed by atoms with E-state index in [2.05, 4.69) is 15.6 Å². The fourth-order valence-electron chi connectivity index (χ4n) is 2.37. The van der Waals surface area contributed by atoms with Crippen molar-refractivity contribution in [3.63, 3.8) is 0 Å². The van der Waals surface area contributed by atoms with Crippen molar-refractivity contribution < 1.29 is 0 Å². The van der Waals surface area contributed by atoms with Crippen LogP contribution in [-0.4, -0.2) is 26.9 Å². The summed E-state index contributed by atoms with van der Waals surface area (Å²) in [6, 6.07) is 0.549. The van der Waals surface area contributed by atoms with Crippen molar-refractivity contribution in [3.8, 4) is 0 Å². The van der Waals surface area contributed by atoms with Crippen molar-refractivity contribution in [2.45, 2.75) is 38.3 Å². The van der Waals surface area contributed by atoms with E-state index in [4.69, 9.17) is 11.6 Å². The molecule has 0 aliphatic heterocycles. The molecule has 5 heteroatoms. The third-order valence-electron chi connectivity index (χ3n) is 3.30. The lowest BCUT2D eigenvalue weighted by atomic mass is 9.86. The quantitative estimate of drug-likeness (QED) is 0.818. The third-order valence-corrected chi connectivity index (χ3v) is 3.70. The lowest BCUT2D eigenvalue weighted by Crippen LogP contribution is -2.39. The van der Waals surface area contributed by atoms with Gasteiger partial charge in [0.25, 0.3) is 0 Å². The smallest absolute Gasteiger partial charge is 0.0964 e. The van der Waals surface area contributed by atoms with Crippen LogP contribution in [0.1, 0.15) is 31.4 Å². The van der Waals surface area contributed by atoms with Crippen LogP contribution in [0.25, 0.3) is 0 Å². The van der Waals surface area contributed by atoms with E-state index in [1.807, 2.05) is 13.2 Å². The van der Waals surface area contributed by atoms with Gasteiger partial charge in [0.2, 0.25) is 0 Å². The molecule has 1 aromatic heterocycles. The van der Waals surface area contributed by atoms with Gasteiger partial charge in [0.05, 0.1) is 5.69 Å². The van der Waals surface area contributed by atoms with Crippen LogP contribution >= 0.6 is 11.6 Å². The van der Waals surface area contributed by atoms with E-state index in [1.54, 1.807) is 4.68 Å². The second-order valence-corrected chi connectivity index (χ2v) is 4.88. The van der Waals surface area contributed by atoms with Gasteiger partial charge >= 0.3 is 0 Å². The van der Waals surface area contributed by atoms with Gasteiger partial charge in [-0.05, 0) is 18.8 Å². The molecule has 0 amide bonds. The van der Waals surface area contributed by atoms with Crippen molar-refractivity contribution in [2.75, 3.05) is 5.88 Å². The number of hydrogen-bond donors (Lipinski definition) is 1. The van der Waals surface area contributed by atoms with Gasteiger partial charge in [-0.2, -0.15) is 0 Å². The standard InChI is InChI=1S/C11H19ClN4/c1-16-8-10(14-15-16)7-13-11-5-3-2-4-9(11)6-12/h8-9,11,13H,2-7H2,1H3. The van der Waals surface area contributed by atoms with Gasteiger partial charge in [-0.1, -0.05) is 18.1 Å². The average molecular weight is 243 g/mol. The van der Waals surface area contributed by atoms with Gasteiger partial charge in [-0.25, -0.2) is 0 Å². The van der Waals surface area contributed by atoms with Crippen molar-refractivity contribution in [3.05, 3.63) is 11.9 Å². The molecule has 2 unspecified atom stereocenters. The van der Waals surface area contributed by atoms with Crippen molar-refractivity contribution >= 4 is 11.6 Å². The Labute approximate surface area is 101 Å². The summed E-state index contributed by atoms with van der Waals surface area (Å²) in [5.74, 6) is 1.38. The van der Waals surface area contributed by atoms with Gasteiger partial charge in [0, 0.05) is 31.7 Å². The van der Waals surface area contributed by atoms with E-state index in [1.165, 1.54) is 25.7 Å². The van der Waals surface area contributed by atoms with Gasteiger partial charge in [-0.15, -0.1) is 16.7 Å². The highest BCUT2D eigenvalue weighted by Crippen LogP contribution is 2.25. The van der Waals surface area contributed by atoms with Crippen molar-refractivity contribution in [2.24, 2.45) is 13.0 Å². The minimum Gasteiger partial charge on any atom is -0.308 e. The molecule has 1 heterocycles. The molecule has 0 saturated heterocycles. The van der Waals surface area contributed by atoms with Crippen LogP contribution in [0.3, 0.4) is 0 Å². The Morgan fingerprint density at radius 2 is 2.31 bits per heavy atom. The van der Waals surface area contributed by atoms with Gasteiger partial charge in [0.1, 0.15) is 0 Å². The monoisotopic (exact) mass is 242 g/mol. The lowest BCUT2D eigenvalue weighted by Gasteiger charge is -2.30. The summed E-state index contributed by atoms with van der Waals surface area (Å²) in [7, 11) is 1.89. The Bertz CT molecular complexity index is 326. The van der Waals surface area contributed by atoms with Gasteiger partial charge < -0.3 is 5.32 Å². The molecule has 1 aliphatic carbocycles. The first-order valence-corrected chi connectivity index (χ1v) is 6.47. The van der Waals surface area contributed by atoms with Gasteiger partial charge in [-0.3, -0.25) is 4.68 Å². The SMILES string of the molecule is Cn1cc(CNC2CCCCC2CCl)nn1. The third kappa shape index (κ3) is 2.95. The summed E-state index contributed by atoms with van der Waals surface area (Å²) in [5, 5.41) is 11.5. The number of rotatable bonds is 4. The minimum atomic E-state index is 0.549. The summed E-state index contributed by atoms with van der Waals surface area (Å²) >= 11 is 5.99. The molecule has 0 spiro atoms. The Hall–Kier alpha value is -0.610. The van der Waals surface area contributed by atoms with E-state index in [0.717, 1.165) is 18.1 Å². The summed E-state index contributed by atoms with van der Waals surface area (Å²) in [6.45, 7) is 0.798. The molecule has 1 aliphatic rings. The summed E-state index contributed by atoms with van der Waals surface area (Å²) < 4.78 is 1.73. The maximum Gasteiger partial charge on any atom is 0.0964 e. The van der Waals surface area contributed by atoms with E-state index < -0.39 is 0 Å². The second-order valence-electron chi connectivity index (χ2n) is 4.57. The van der Waals surface area contributed by atoms with Crippen LogP contribution in [0.5, 0.6) is 0 Å². The molecule has 2 rings (SSSR count). The number of hydrogen-bond acceptors (Lipinski definition) is 3. The maximum atomic E-state index is 5.99. The Kier molecular flexibility index (Phi) is 4.18. The number of nitrogens with zero attached hydrogens (tertiary/aromatic N) is 3. The first-order valence-electron chi connectivity index (χ1n) is 5.94. The average Bonchev–Trinajstić information content (AvgIpc) is 2.73. The van der Waals surface area contributed by atoms with Crippen LogP contribution in [0.2, 0.25) is 0 Å². The molecule has 90 valence electrons. The zero-order valence-corrected chi connectivity index (χ0v) is 10.5.